The third-order valence-corrected chi connectivity index (χ3v) is 2.93. The maximum atomic E-state index is 10.9. The lowest BCUT2D eigenvalue weighted by atomic mass is 9.90. The lowest BCUT2D eigenvalue weighted by molar-refractivity contribution is 0.0695. The van der Waals surface area contributed by atoms with Crippen LogP contribution in [0.2, 0.25) is 0 Å². The molecule has 0 bridgehead atoms. The first-order valence-corrected chi connectivity index (χ1v) is 5.83. The standard InChI is InChI=1S/C14H20O4/c1-9(14(2,3)4)18-11-7-6-10(13(15)16)8-12(11)17-5/h6-9H,1-5H3,(H,15,16). The smallest absolute Gasteiger partial charge is 0.335 e. The Hall–Kier alpha value is -1.71. The number of carboxylic acid groups (broad SMARTS) is 1. The molecule has 1 N–H and O–H groups in total. The number of rotatable bonds is 4. The minimum absolute atomic E-state index is 0.00349. The van der Waals surface area contributed by atoms with Gasteiger partial charge in [-0.1, -0.05) is 20.8 Å². The van der Waals surface area contributed by atoms with E-state index in [0.717, 1.165) is 0 Å². The van der Waals surface area contributed by atoms with Crippen LogP contribution >= 0.6 is 0 Å². The fourth-order valence-corrected chi connectivity index (χ4v) is 1.27. The molecule has 0 amide bonds. The minimum atomic E-state index is -0.983. The van der Waals surface area contributed by atoms with Crippen molar-refractivity contribution in [2.45, 2.75) is 33.8 Å². The van der Waals surface area contributed by atoms with Gasteiger partial charge in [0.25, 0.3) is 0 Å². The summed E-state index contributed by atoms with van der Waals surface area (Å²) in [5.74, 6) is 0.0136. The summed E-state index contributed by atoms with van der Waals surface area (Å²) in [5, 5.41) is 8.91. The number of ether oxygens (including phenoxy) is 2. The van der Waals surface area contributed by atoms with Gasteiger partial charge in [-0.15, -0.1) is 0 Å². The zero-order valence-corrected chi connectivity index (χ0v) is 11.5. The van der Waals surface area contributed by atoms with Gasteiger partial charge in [0, 0.05) is 0 Å². The molecule has 0 aliphatic rings. The van der Waals surface area contributed by atoms with E-state index < -0.39 is 5.97 Å². The fourth-order valence-electron chi connectivity index (χ4n) is 1.27. The lowest BCUT2D eigenvalue weighted by Crippen LogP contribution is -2.28. The van der Waals surface area contributed by atoms with Gasteiger partial charge in [-0.25, -0.2) is 4.79 Å². The summed E-state index contributed by atoms with van der Waals surface area (Å²) in [6, 6.07) is 4.60. The van der Waals surface area contributed by atoms with Gasteiger partial charge in [0.1, 0.15) is 6.10 Å². The van der Waals surface area contributed by atoms with Gasteiger partial charge < -0.3 is 14.6 Å². The highest BCUT2D eigenvalue weighted by atomic mass is 16.5. The second-order valence-electron chi connectivity index (χ2n) is 5.30. The molecule has 0 aliphatic heterocycles. The number of benzene rings is 1. The van der Waals surface area contributed by atoms with Gasteiger partial charge in [-0.3, -0.25) is 0 Å². The molecule has 0 aliphatic carbocycles. The summed E-state index contributed by atoms with van der Waals surface area (Å²) in [6.07, 6.45) is -0.0120. The van der Waals surface area contributed by atoms with E-state index in [2.05, 4.69) is 20.8 Å². The molecule has 1 aromatic rings. The Morgan fingerprint density at radius 3 is 2.33 bits per heavy atom. The molecule has 1 unspecified atom stereocenters. The molecule has 4 nitrogen and oxygen atoms in total. The molecule has 0 spiro atoms. The van der Waals surface area contributed by atoms with Gasteiger partial charge in [-0.2, -0.15) is 0 Å². The van der Waals surface area contributed by atoms with E-state index in [-0.39, 0.29) is 17.1 Å². The molecule has 18 heavy (non-hydrogen) atoms. The van der Waals surface area contributed by atoms with Crippen molar-refractivity contribution >= 4 is 5.97 Å². The molecule has 1 atom stereocenters. The molecule has 0 saturated heterocycles. The van der Waals surface area contributed by atoms with E-state index in [1.807, 2.05) is 6.92 Å². The van der Waals surface area contributed by atoms with Crippen molar-refractivity contribution in [2.24, 2.45) is 5.41 Å². The van der Waals surface area contributed by atoms with Gasteiger partial charge in [0.2, 0.25) is 0 Å². The zero-order chi connectivity index (χ0) is 13.9. The van der Waals surface area contributed by atoms with E-state index in [0.29, 0.717) is 11.5 Å². The van der Waals surface area contributed by atoms with E-state index in [4.69, 9.17) is 14.6 Å². The van der Waals surface area contributed by atoms with Crippen molar-refractivity contribution in [1.82, 2.24) is 0 Å². The maximum Gasteiger partial charge on any atom is 0.335 e. The summed E-state index contributed by atoms with van der Waals surface area (Å²) in [4.78, 5) is 10.9. The van der Waals surface area contributed by atoms with E-state index in [1.54, 1.807) is 6.07 Å². The molecule has 0 radical (unpaired) electrons. The van der Waals surface area contributed by atoms with Crippen LogP contribution in [0.15, 0.2) is 18.2 Å². The first-order chi connectivity index (χ1) is 8.25. The van der Waals surface area contributed by atoms with Crippen LogP contribution in [0.1, 0.15) is 38.1 Å². The minimum Gasteiger partial charge on any atom is -0.493 e. The Bertz CT molecular complexity index is 432. The summed E-state index contributed by atoms with van der Waals surface area (Å²) in [7, 11) is 1.50. The van der Waals surface area contributed by atoms with Crippen LogP contribution in [0.25, 0.3) is 0 Å². The molecule has 4 heteroatoms. The van der Waals surface area contributed by atoms with Crippen molar-refractivity contribution in [3.8, 4) is 11.5 Å². The summed E-state index contributed by atoms with van der Waals surface area (Å²) >= 11 is 0. The van der Waals surface area contributed by atoms with Crippen molar-refractivity contribution in [3.63, 3.8) is 0 Å². The summed E-state index contributed by atoms with van der Waals surface area (Å²) in [5.41, 5.74) is 0.179. The zero-order valence-electron chi connectivity index (χ0n) is 11.5. The number of hydrogen-bond acceptors (Lipinski definition) is 3. The molecule has 0 heterocycles. The van der Waals surface area contributed by atoms with Crippen LogP contribution in [0.5, 0.6) is 11.5 Å². The first kappa shape index (κ1) is 14.4. The van der Waals surface area contributed by atoms with Gasteiger partial charge in [0.15, 0.2) is 11.5 Å². The lowest BCUT2D eigenvalue weighted by Gasteiger charge is -2.28. The summed E-state index contributed by atoms with van der Waals surface area (Å²) < 4.78 is 11.0. The topological polar surface area (TPSA) is 55.8 Å². The molecule has 0 saturated carbocycles. The molecule has 100 valence electrons. The number of aromatic carboxylic acids is 1. The highest BCUT2D eigenvalue weighted by Gasteiger charge is 2.23. The number of methoxy groups -OCH3 is 1. The Balaban J connectivity index is 3.00. The van der Waals surface area contributed by atoms with E-state index in [9.17, 15) is 4.79 Å². The van der Waals surface area contributed by atoms with Crippen LogP contribution in [0.3, 0.4) is 0 Å². The monoisotopic (exact) mass is 252 g/mol. The van der Waals surface area contributed by atoms with Crippen LogP contribution in [-0.2, 0) is 0 Å². The predicted octanol–water partition coefficient (Wildman–Crippen LogP) is 3.21. The van der Waals surface area contributed by atoms with Crippen LogP contribution < -0.4 is 9.47 Å². The second kappa shape index (κ2) is 5.29. The Kier molecular flexibility index (Phi) is 4.22. The van der Waals surface area contributed by atoms with Crippen molar-refractivity contribution in [1.29, 1.82) is 0 Å². The average molecular weight is 252 g/mol. The Morgan fingerprint density at radius 1 is 1.28 bits per heavy atom. The van der Waals surface area contributed by atoms with E-state index >= 15 is 0 Å². The highest BCUT2D eigenvalue weighted by Crippen LogP contribution is 2.32. The third-order valence-electron chi connectivity index (χ3n) is 2.93. The quantitative estimate of drug-likeness (QED) is 0.894. The second-order valence-corrected chi connectivity index (χ2v) is 5.30. The van der Waals surface area contributed by atoms with Crippen LogP contribution in [0, 0.1) is 5.41 Å². The molecule has 0 fully saturated rings. The molecular formula is C14H20O4. The average Bonchev–Trinajstić information content (AvgIpc) is 2.27. The first-order valence-electron chi connectivity index (χ1n) is 5.83. The van der Waals surface area contributed by atoms with Crippen LogP contribution in [0.4, 0.5) is 0 Å². The Morgan fingerprint density at radius 2 is 1.89 bits per heavy atom. The summed E-state index contributed by atoms with van der Waals surface area (Å²) in [6.45, 7) is 8.21. The fraction of sp³-hybridized carbons (Fsp3) is 0.500. The SMILES string of the molecule is COc1cc(C(=O)O)ccc1OC(C)C(C)(C)C. The van der Waals surface area contributed by atoms with E-state index in [1.165, 1.54) is 19.2 Å². The number of hydrogen-bond donors (Lipinski definition) is 1. The number of carboxylic acids is 1. The van der Waals surface area contributed by atoms with Gasteiger partial charge in [-0.05, 0) is 30.5 Å². The van der Waals surface area contributed by atoms with Crippen molar-refractivity contribution < 1.29 is 19.4 Å². The maximum absolute atomic E-state index is 10.9. The third kappa shape index (κ3) is 3.39. The molecule has 0 aromatic heterocycles. The van der Waals surface area contributed by atoms with Crippen LogP contribution in [-0.4, -0.2) is 24.3 Å². The largest absolute Gasteiger partial charge is 0.493 e. The number of carbonyl (C=O) groups is 1. The molecule has 1 aromatic carbocycles. The van der Waals surface area contributed by atoms with Gasteiger partial charge >= 0.3 is 5.97 Å². The highest BCUT2D eigenvalue weighted by molar-refractivity contribution is 5.88. The normalized spacial score (nSPS) is 12.9. The molecule has 1 rings (SSSR count). The van der Waals surface area contributed by atoms with Gasteiger partial charge in [0.05, 0.1) is 12.7 Å². The van der Waals surface area contributed by atoms with Crippen molar-refractivity contribution in [3.05, 3.63) is 23.8 Å². The Labute approximate surface area is 108 Å². The molecular weight excluding hydrogens is 232 g/mol. The van der Waals surface area contributed by atoms with Crippen molar-refractivity contribution in [2.75, 3.05) is 7.11 Å². The predicted molar refractivity (Wildman–Crippen MR) is 69.5 cm³/mol.